The molecule has 14 heteroatoms. The molecule has 0 bridgehead atoms. The van der Waals surface area contributed by atoms with Crippen LogP contribution in [0.15, 0.2) is 48.5 Å². The highest BCUT2D eigenvalue weighted by Crippen LogP contribution is 2.36. The van der Waals surface area contributed by atoms with Crippen molar-refractivity contribution < 1.29 is 35.2 Å². The number of hydrogen-bond donors (Lipinski definition) is 2. The van der Waals surface area contributed by atoms with Gasteiger partial charge in [-0.2, -0.15) is 22.7 Å². The molecule has 0 radical (unpaired) electrons. The number of nitrogens with one attached hydrogen (secondary N) is 2. The van der Waals surface area contributed by atoms with Crippen LogP contribution in [0.4, 0.5) is 27.6 Å². The molecule has 2 aliphatic rings. The number of amides is 1. The van der Waals surface area contributed by atoms with Crippen LogP contribution in [0.5, 0.6) is 0 Å². The van der Waals surface area contributed by atoms with E-state index in [-0.39, 0.29) is 26.2 Å². The molecule has 1 amide bonds. The first-order valence-electron chi connectivity index (χ1n) is 12.1. The Balaban J connectivity index is 1.53. The summed E-state index contributed by atoms with van der Waals surface area (Å²) in [6.45, 7) is 0.481. The Morgan fingerprint density at radius 3 is 2.00 bits per heavy atom. The van der Waals surface area contributed by atoms with Gasteiger partial charge in [-0.1, -0.05) is 12.1 Å². The van der Waals surface area contributed by atoms with E-state index in [9.17, 15) is 40.4 Å². The zero-order chi connectivity index (χ0) is 28.4. The van der Waals surface area contributed by atoms with E-state index in [2.05, 4.69) is 10.6 Å². The summed E-state index contributed by atoms with van der Waals surface area (Å²) in [5.74, 6) is -3.23. The molecule has 4 rings (SSSR count). The third-order valence-corrected chi connectivity index (χ3v) is 8.65. The van der Waals surface area contributed by atoms with Crippen molar-refractivity contribution in [3.05, 3.63) is 65.7 Å². The molecule has 2 N–H and O–H groups in total. The average Bonchev–Trinajstić information content (AvgIpc) is 3.67. The van der Waals surface area contributed by atoms with Gasteiger partial charge in [-0.05, 0) is 54.8 Å². The lowest BCUT2D eigenvalue weighted by Crippen LogP contribution is -2.57. The number of alkyl halides is 3. The van der Waals surface area contributed by atoms with Gasteiger partial charge in [0.15, 0.2) is 0 Å². The zero-order valence-corrected chi connectivity index (χ0v) is 21.4. The number of sulfonamides is 1. The molecule has 39 heavy (non-hydrogen) atoms. The summed E-state index contributed by atoms with van der Waals surface area (Å²) >= 11 is 0. The lowest BCUT2D eigenvalue weighted by atomic mass is 10.0. The fourth-order valence-corrected chi connectivity index (χ4v) is 5.94. The van der Waals surface area contributed by atoms with E-state index in [1.165, 1.54) is 12.1 Å². The van der Waals surface area contributed by atoms with Crippen LogP contribution in [0.1, 0.15) is 24.4 Å². The van der Waals surface area contributed by atoms with Gasteiger partial charge in [0.25, 0.3) is 0 Å². The molecule has 8 nitrogen and oxygen atoms in total. The Morgan fingerprint density at radius 1 is 0.974 bits per heavy atom. The molecule has 1 aliphatic heterocycles. The van der Waals surface area contributed by atoms with E-state index < -0.39 is 62.7 Å². The van der Waals surface area contributed by atoms with Crippen LogP contribution < -0.4 is 15.5 Å². The summed E-state index contributed by atoms with van der Waals surface area (Å²) in [5, 5.41) is 13.8. The number of nitriles is 1. The van der Waals surface area contributed by atoms with Crippen LogP contribution >= 0.6 is 0 Å². The quantitative estimate of drug-likeness (QED) is 0.449. The van der Waals surface area contributed by atoms with E-state index in [4.69, 9.17) is 0 Å². The number of halogens is 5. The van der Waals surface area contributed by atoms with Crippen LogP contribution in [0.3, 0.4) is 0 Å². The smallest absolute Gasteiger partial charge is 0.369 e. The summed E-state index contributed by atoms with van der Waals surface area (Å²) in [5.41, 5.74) is -0.968. The lowest BCUT2D eigenvalue weighted by molar-refractivity contribution is -0.160. The number of hydrogen-bond acceptors (Lipinski definition) is 6. The van der Waals surface area contributed by atoms with Gasteiger partial charge in [0.05, 0.1) is 11.8 Å². The second kappa shape index (κ2) is 11.1. The normalized spacial score (nSPS) is 19.1. The molecule has 1 saturated carbocycles. The molecule has 1 unspecified atom stereocenters. The summed E-state index contributed by atoms with van der Waals surface area (Å²) in [4.78, 5) is 14.9. The Labute approximate surface area is 222 Å². The molecule has 2 aromatic carbocycles. The molecule has 2 aromatic rings. The highest BCUT2D eigenvalue weighted by atomic mass is 32.2. The van der Waals surface area contributed by atoms with Crippen molar-refractivity contribution in [1.82, 2.24) is 14.9 Å². The first kappa shape index (κ1) is 28.7. The molecule has 2 atom stereocenters. The molecule has 210 valence electrons. The van der Waals surface area contributed by atoms with Gasteiger partial charge in [-0.25, -0.2) is 17.2 Å². The second-order valence-corrected chi connectivity index (χ2v) is 11.6. The van der Waals surface area contributed by atoms with Gasteiger partial charge in [0.1, 0.15) is 29.3 Å². The predicted molar refractivity (Wildman–Crippen MR) is 132 cm³/mol. The molecule has 1 saturated heterocycles. The van der Waals surface area contributed by atoms with Crippen molar-refractivity contribution in [3.63, 3.8) is 0 Å². The fraction of sp³-hybridized carbons (Fsp3) is 0.440. The number of rotatable bonds is 9. The number of benzene rings is 2. The molecule has 0 aromatic heterocycles. The van der Waals surface area contributed by atoms with Crippen molar-refractivity contribution in [2.24, 2.45) is 0 Å². The van der Waals surface area contributed by atoms with Gasteiger partial charge in [-0.3, -0.25) is 10.1 Å². The number of anilines is 1. The van der Waals surface area contributed by atoms with E-state index in [1.807, 2.05) is 11.0 Å². The SMILES string of the molecule is N#CC1(NC(=O)C(CS(=O)(=O)N2CCN(c3ccc(F)cc3)CC2)N[C@H](c2ccc(F)cc2)C(F)(F)F)CC1. The minimum Gasteiger partial charge on any atom is -0.369 e. The molecular formula is C25H26F5N5O3S. The number of carbonyl (C=O) groups is 1. The van der Waals surface area contributed by atoms with Crippen LogP contribution in [0.2, 0.25) is 0 Å². The van der Waals surface area contributed by atoms with E-state index in [0.29, 0.717) is 18.5 Å². The van der Waals surface area contributed by atoms with Crippen LogP contribution in [0.25, 0.3) is 0 Å². The standard InChI is InChI=1S/C25H26F5N5O3S/c26-18-3-1-17(2-4-18)22(25(28,29)30)32-21(23(36)33-24(16-31)9-10-24)15-39(37,38)35-13-11-34(12-14-35)20-7-5-19(27)6-8-20/h1-8,21-22,32H,9-15H2,(H,33,36)/t21?,22-/m1/s1. The molecule has 0 spiro atoms. The van der Waals surface area contributed by atoms with Crippen molar-refractivity contribution in [2.75, 3.05) is 36.8 Å². The molecular weight excluding hydrogens is 545 g/mol. The highest BCUT2D eigenvalue weighted by molar-refractivity contribution is 7.89. The summed E-state index contributed by atoms with van der Waals surface area (Å²) in [6, 6.07) is 6.68. The number of piperazine rings is 1. The lowest BCUT2D eigenvalue weighted by Gasteiger charge is -2.36. The van der Waals surface area contributed by atoms with Gasteiger partial charge >= 0.3 is 6.18 Å². The maximum absolute atomic E-state index is 14.0. The molecule has 1 aliphatic carbocycles. The Morgan fingerprint density at radius 2 is 1.51 bits per heavy atom. The van der Waals surface area contributed by atoms with Crippen molar-refractivity contribution in [3.8, 4) is 6.07 Å². The summed E-state index contributed by atoms with van der Waals surface area (Å²) in [6.07, 6.45) is -4.37. The van der Waals surface area contributed by atoms with Crippen LogP contribution in [0, 0.1) is 23.0 Å². The first-order chi connectivity index (χ1) is 18.3. The molecule has 1 heterocycles. The summed E-state index contributed by atoms with van der Waals surface area (Å²) in [7, 11) is -4.25. The predicted octanol–water partition coefficient (Wildman–Crippen LogP) is 2.85. The van der Waals surface area contributed by atoms with Crippen molar-refractivity contribution in [1.29, 1.82) is 5.26 Å². The molecule has 2 fully saturated rings. The Bertz CT molecular complexity index is 1320. The Kier molecular flexibility index (Phi) is 8.15. The third kappa shape index (κ3) is 7.03. The fourth-order valence-electron chi connectivity index (χ4n) is 4.34. The number of carbonyl (C=O) groups excluding carboxylic acids is 1. The van der Waals surface area contributed by atoms with Crippen molar-refractivity contribution in [2.45, 2.75) is 36.6 Å². The number of nitrogens with zero attached hydrogens (tertiary/aromatic N) is 3. The highest BCUT2D eigenvalue weighted by Gasteiger charge is 2.48. The Hall–Kier alpha value is -3.28. The van der Waals surface area contributed by atoms with Crippen molar-refractivity contribution >= 4 is 21.6 Å². The van der Waals surface area contributed by atoms with Gasteiger partial charge in [0, 0.05) is 31.9 Å². The largest absolute Gasteiger partial charge is 0.407 e. The summed E-state index contributed by atoms with van der Waals surface area (Å²) < 4.78 is 96.4. The van der Waals surface area contributed by atoms with E-state index >= 15 is 0 Å². The monoisotopic (exact) mass is 571 g/mol. The average molecular weight is 572 g/mol. The van der Waals surface area contributed by atoms with Gasteiger partial charge in [-0.15, -0.1) is 0 Å². The van der Waals surface area contributed by atoms with Crippen LogP contribution in [-0.2, 0) is 14.8 Å². The topological polar surface area (TPSA) is 106 Å². The van der Waals surface area contributed by atoms with Gasteiger partial charge < -0.3 is 10.2 Å². The minimum atomic E-state index is -4.95. The maximum atomic E-state index is 14.0. The van der Waals surface area contributed by atoms with Gasteiger partial charge in [0.2, 0.25) is 15.9 Å². The maximum Gasteiger partial charge on any atom is 0.407 e. The third-order valence-electron chi connectivity index (χ3n) is 6.74. The first-order valence-corrected chi connectivity index (χ1v) is 13.7. The van der Waals surface area contributed by atoms with E-state index in [0.717, 1.165) is 28.6 Å². The van der Waals surface area contributed by atoms with E-state index in [1.54, 1.807) is 12.1 Å². The van der Waals surface area contributed by atoms with Crippen LogP contribution in [-0.4, -0.2) is 68.3 Å². The second-order valence-electron chi connectivity index (χ2n) is 9.57. The minimum absolute atomic E-state index is 0.00313. The zero-order valence-electron chi connectivity index (χ0n) is 20.6.